The molecule has 8 heteroatoms. The van der Waals surface area contributed by atoms with Crippen LogP contribution < -0.4 is 31.1 Å². The number of likely N-dealkylation sites (N-methyl/N-ethyl adjacent to an activating group) is 1. The van der Waals surface area contributed by atoms with E-state index in [1.54, 1.807) is 0 Å². The van der Waals surface area contributed by atoms with Gasteiger partial charge in [-0.1, -0.05) is 0 Å². The molecule has 0 amide bonds. The summed E-state index contributed by atoms with van der Waals surface area (Å²) < 4.78 is 5.38. The van der Waals surface area contributed by atoms with Gasteiger partial charge in [0.15, 0.2) is 10.2 Å². The highest BCUT2D eigenvalue weighted by molar-refractivity contribution is 7.80. The molecule has 0 aromatic heterocycles. The van der Waals surface area contributed by atoms with Gasteiger partial charge in [0.05, 0.1) is 33.8 Å². The Morgan fingerprint density at radius 1 is 1.09 bits per heavy atom. The number of rotatable bonds is 6. The molecule has 0 saturated carbocycles. The molecule has 0 heterocycles. The number of thiocarbonyl (C=S) groups is 2. The zero-order valence-corrected chi connectivity index (χ0v) is 14.8. The van der Waals surface area contributed by atoms with Gasteiger partial charge in [0.25, 0.3) is 0 Å². The van der Waals surface area contributed by atoms with Crippen molar-refractivity contribution in [1.82, 2.24) is 16.2 Å². The van der Waals surface area contributed by atoms with Gasteiger partial charge in [-0.15, -0.1) is 0 Å². The van der Waals surface area contributed by atoms with Crippen LogP contribution in [0.4, 0.5) is 5.69 Å². The first-order chi connectivity index (χ1) is 10.5. The third-order valence-electron chi connectivity index (χ3n) is 2.62. The molecule has 6 nitrogen and oxygen atoms in total. The first-order valence-electron chi connectivity index (χ1n) is 7.14. The van der Waals surface area contributed by atoms with Crippen LogP contribution >= 0.6 is 24.4 Å². The number of hydrogen-bond acceptors (Lipinski definition) is 3. The Balaban J connectivity index is 2.26. The minimum atomic E-state index is 0.437. The van der Waals surface area contributed by atoms with Crippen LogP contribution in [0.1, 0.15) is 6.92 Å². The maximum atomic E-state index is 5.38. The first-order valence-corrected chi connectivity index (χ1v) is 7.95. The molecule has 0 aliphatic carbocycles. The summed E-state index contributed by atoms with van der Waals surface area (Å²) in [5, 5.41) is 7.09. The molecule has 22 heavy (non-hydrogen) atoms. The van der Waals surface area contributed by atoms with Crippen molar-refractivity contribution in [3.8, 4) is 5.75 Å². The van der Waals surface area contributed by atoms with Gasteiger partial charge in [-0.05, 0) is 55.6 Å². The molecule has 1 aromatic rings. The van der Waals surface area contributed by atoms with Crippen LogP contribution in [-0.4, -0.2) is 44.0 Å². The molecule has 5 N–H and O–H groups in total. The fraction of sp³-hybridized carbons (Fsp3) is 0.429. The molecule has 0 aliphatic rings. The number of anilines is 1. The van der Waals surface area contributed by atoms with E-state index in [4.69, 9.17) is 29.2 Å². The molecule has 0 fully saturated rings. The second-order valence-corrected chi connectivity index (χ2v) is 5.69. The molecule has 1 rings (SSSR count). The number of hydrogen-bond donors (Lipinski definition) is 5. The smallest absolute Gasteiger partial charge is 0.189 e. The molecule has 0 radical (unpaired) electrons. The summed E-state index contributed by atoms with van der Waals surface area (Å²) in [6, 6.07) is 7.57. The molecule has 0 spiro atoms. The Bertz CT molecular complexity index is 479. The number of quaternary nitrogens is 1. The fourth-order valence-electron chi connectivity index (χ4n) is 1.55. The molecule has 0 unspecified atom stereocenters. The number of nitrogens with one attached hydrogen (secondary N) is 5. The second-order valence-electron chi connectivity index (χ2n) is 4.87. The molecule has 1 aromatic carbocycles. The Morgan fingerprint density at radius 2 is 1.73 bits per heavy atom. The van der Waals surface area contributed by atoms with Crippen molar-refractivity contribution in [2.24, 2.45) is 0 Å². The highest BCUT2D eigenvalue weighted by Gasteiger charge is 2.00. The van der Waals surface area contributed by atoms with E-state index in [1.165, 1.54) is 4.90 Å². The average molecular weight is 343 g/mol. The van der Waals surface area contributed by atoms with Crippen molar-refractivity contribution in [1.29, 1.82) is 0 Å². The van der Waals surface area contributed by atoms with Gasteiger partial charge < -0.3 is 20.3 Å². The van der Waals surface area contributed by atoms with Crippen LogP contribution in [-0.2, 0) is 0 Å². The van der Waals surface area contributed by atoms with E-state index < -0.39 is 0 Å². The summed E-state index contributed by atoms with van der Waals surface area (Å²) in [5.74, 6) is 0.832. The highest BCUT2D eigenvalue weighted by atomic mass is 32.1. The quantitative estimate of drug-likeness (QED) is 0.365. The highest BCUT2D eigenvalue weighted by Crippen LogP contribution is 2.15. The monoisotopic (exact) mass is 342 g/mol. The Hall–Kier alpha value is -1.64. The van der Waals surface area contributed by atoms with Gasteiger partial charge in [0.2, 0.25) is 0 Å². The third-order valence-corrected chi connectivity index (χ3v) is 3.07. The van der Waals surface area contributed by atoms with E-state index in [1.807, 2.05) is 31.2 Å². The fourth-order valence-corrected chi connectivity index (χ4v) is 1.87. The van der Waals surface area contributed by atoms with Crippen molar-refractivity contribution in [3.05, 3.63) is 24.3 Å². The first kappa shape index (κ1) is 18.4. The van der Waals surface area contributed by atoms with E-state index in [-0.39, 0.29) is 0 Å². The lowest BCUT2D eigenvalue weighted by molar-refractivity contribution is -0.856. The van der Waals surface area contributed by atoms with Crippen LogP contribution in [0, 0.1) is 0 Å². The molecular formula is C14H24N5OS2+. The molecule has 0 bridgehead atoms. The Kier molecular flexibility index (Phi) is 8.49. The van der Waals surface area contributed by atoms with Crippen molar-refractivity contribution in [2.75, 3.05) is 39.1 Å². The molecule has 122 valence electrons. The Labute approximate surface area is 142 Å². The van der Waals surface area contributed by atoms with E-state index in [2.05, 4.69) is 35.6 Å². The van der Waals surface area contributed by atoms with Crippen molar-refractivity contribution >= 4 is 40.3 Å². The summed E-state index contributed by atoms with van der Waals surface area (Å²) in [6.07, 6.45) is 0. The summed E-state index contributed by atoms with van der Waals surface area (Å²) in [4.78, 5) is 1.36. The van der Waals surface area contributed by atoms with Crippen LogP contribution in [0.15, 0.2) is 24.3 Å². The van der Waals surface area contributed by atoms with Crippen LogP contribution in [0.3, 0.4) is 0 Å². The van der Waals surface area contributed by atoms with Gasteiger partial charge >= 0.3 is 0 Å². The zero-order chi connectivity index (χ0) is 16.4. The summed E-state index contributed by atoms with van der Waals surface area (Å²) >= 11 is 10.3. The number of benzene rings is 1. The maximum absolute atomic E-state index is 5.38. The van der Waals surface area contributed by atoms with Crippen molar-refractivity contribution < 1.29 is 9.64 Å². The van der Waals surface area contributed by atoms with Gasteiger partial charge in [-0.25, -0.2) is 0 Å². The third kappa shape index (κ3) is 7.96. The van der Waals surface area contributed by atoms with Crippen molar-refractivity contribution in [2.45, 2.75) is 6.92 Å². The van der Waals surface area contributed by atoms with Gasteiger partial charge in [-0.2, -0.15) is 0 Å². The molecule has 0 aliphatic heterocycles. The van der Waals surface area contributed by atoms with E-state index in [0.717, 1.165) is 24.5 Å². The largest absolute Gasteiger partial charge is 0.494 e. The topological polar surface area (TPSA) is 61.8 Å². The van der Waals surface area contributed by atoms with Gasteiger partial charge in [-0.3, -0.25) is 10.9 Å². The maximum Gasteiger partial charge on any atom is 0.189 e. The normalized spacial score (nSPS) is 10.0. The predicted molar refractivity (Wildman–Crippen MR) is 98.4 cm³/mol. The van der Waals surface area contributed by atoms with E-state index in [9.17, 15) is 0 Å². The zero-order valence-electron chi connectivity index (χ0n) is 13.2. The summed E-state index contributed by atoms with van der Waals surface area (Å²) in [6.45, 7) is 4.38. The minimum absolute atomic E-state index is 0.437. The standard InChI is InChI=1S/C14H23N5OS2/c1-4-20-12-7-5-11(6-8-12)16-14(22)18-17-13(21)15-9-10-19(2)3/h5-8H,4,9-10H2,1-3H3,(H2,15,17,21)(H2,16,18,22)/p+1. The molecule has 0 atom stereocenters. The Morgan fingerprint density at radius 3 is 2.32 bits per heavy atom. The van der Waals surface area contributed by atoms with E-state index in [0.29, 0.717) is 16.8 Å². The van der Waals surface area contributed by atoms with Gasteiger partial charge in [0.1, 0.15) is 5.75 Å². The second kappa shape index (κ2) is 10.1. The van der Waals surface area contributed by atoms with Crippen LogP contribution in [0.25, 0.3) is 0 Å². The minimum Gasteiger partial charge on any atom is -0.494 e. The van der Waals surface area contributed by atoms with E-state index >= 15 is 0 Å². The number of ether oxygens (including phenoxy) is 1. The lowest BCUT2D eigenvalue weighted by Crippen LogP contribution is -3.06. The predicted octanol–water partition coefficient (Wildman–Crippen LogP) is -0.105. The average Bonchev–Trinajstić information content (AvgIpc) is 2.47. The lowest BCUT2D eigenvalue weighted by atomic mass is 10.3. The summed E-state index contributed by atoms with van der Waals surface area (Å²) in [7, 11) is 4.18. The SMILES string of the molecule is CCOc1ccc(NC(=S)NNC(=S)NCC[NH+](C)C)cc1. The van der Waals surface area contributed by atoms with Gasteiger partial charge in [0, 0.05) is 5.69 Å². The molecule has 0 saturated heterocycles. The van der Waals surface area contributed by atoms with Crippen LogP contribution in [0.5, 0.6) is 5.75 Å². The lowest BCUT2D eigenvalue weighted by Gasteiger charge is -2.15. The van der Waals surface area contributed by atoms with Crippen molar-refractivity contribution in [3.63, 3.8) is 0 Å². The molecular weight excluding hydrogens is 318 g/mol. The summed E-state index contributed by atoms with van der Waals surface area (Å²) in [5.41, 5.74) is 6.55. The number of hydrazine groups is 1. The van der Waals surface area contributed by atoms with Crippen LogP contribution in [0.2, 0.25) is 0 Å².